The molecule has 0 atom stereocenters. The summed E-state index contributed by atoms with van der Waals surface area (Å²) < 4.78 is 26.0. The van der Waals surface area contributed by atoms with Crippen molar-refractivity contribution in [1.82, 2.24) is 0 Å². The first kappa shape index (κ1) is 13.4. The van der Waals surface area contributed by atoms with E-state index in [0.29, 0.717) is 11.6 Å². The van der Waals surface area contributed by atoms with Crippen LogP contribution in [0, 0.1) is 11.6 Å². The Balaban J connectivity index is 2.80. The fourth-order valence-electron chi connectivity index (χ4n) is 1.20. The van der Waals surface area contributed by atoms with E-state index in [4.69, 9.17) is 16.7 Å². The Morgan fingerprint density at radius 2 is 2.18 bits per heavy atom. The van der Waals surface area contributed by atoms with Crippen molar-refractivity contribution < 1.29 is 18.7 Å². The summed E-state index contributed by atoms with van der Waals surface area (Å²) in [4.78, 5) is 10.3. The third-order valence-electron chi connectivity index (χ3n) is 1.92. The summed E-state index contributed by atoms with van der Waals surface area (Å²) in [5.41, 5.74) is 0.434. The Labute approximate surface area is 102 Å². The molecule has 0 fully saturated rings. The Morgan fingerprint density at radius 3 is 2.71 bits per heavy atom. The van der Waals surface area contributed by atoms with Crippen molar-refractivity contribution in [2.24, 2.45) is 0 Å². The van der Waals surface area contributed by atoms with Gasteiger partial charge in [0.25, 0.3) is 0 Å². The molecule has 0 amide bonds. The van der Waals surface area contributed by atoms with Crippen molar-refractivity contribution in [2.45, 2.75) is 6.92 Å². The maximum Gasteiger partial charge on any atom is 0.328 e. The standard InChI is InChI=1S/C11H10ClF2NO2/c1-6(2-10(16)17)5-15-11-8(12)3-7(13)4-9(11)14/h2-4,15H,5H2,1H3,(H,16,17). The van der Waals surface area contributed by atoms with Crippen LogP contribution in [0.2, 0.25) is 5.02 Å². The zero-order chi connectivity index (χ0) is 13.0. The molecule has 0 bridgehead atoms. The molecular weight excluding hydrogens is 252 g/mol. The van der Waals surface area contributed by atoms with Crippen molar-refractivity contribution in [3.63, 3.8) is 0 Å². The lowest BCUT2D eigenvalue weighted by Crippen LogP contribution is -2.07. The first-order chi connectivity index (χ1) is 7.90. The molecule has 0 saturated heterocycles. The number of hydrogen-bond acceptors (Lipinski definition) is 2. The van der Waals surface area contributed by atoms with Gasteiger partial charge in [-0.15, -0.1) is 0 Å². The zero-order valence-corrected chi connectivity index (χ0v) is 9.68. The molecule has 0 radical (unpaired) electrons. The van der Waals surface area contributed by atoms with Crippen LogP contribution in [0.1, 0.15) is 6.92 Å². The van der Waals surface area contributed by atoms with Gasteiger partial charge < -0.3 is 10.4 Å². The van der Waals surface area contributed by atoms with E-state index in [1.807, 2.05) is 0 Å². The van der Waals surface area contributed by atoms with E-state index in [9.17, 15) is 13.6 Å². The van der Waals surface area contributed by atoms with Gasteiger partial charge in [0.2, 0.25) is 0 Å². The van der Waals surface area contributed by atoms with Crippen LogP contribution in [0.15, 0.2) is 23.8 Å². The van der Waals surface area contributed by atoms with Crippen molar-refractivity contribution in [2.75, 3.05) is 11.9 Å². The molecule has 1 rings (SSSR count). The van der Waals surface area contributed by atoms with Crippen molar-refractivity contribution in [1.29, 1.82) is 0 Å². The summed E-state index contributed by atoms with van der Waals surface area (Å²) >= 11 is 5.65. The quantitative estimate of drug-likeness (QED) is 0.819. The highest BCUT2D eigenvalue weighted by atomic mass is 35.5. The Hall–Kier alpha value is -1.62. The zero-order valence-electron chi connectivity index (χ0n) is 8.93. The summed E-state index contributed by atoms with van der Waals surface area (Å²) in [6.07, 6.45) is 0.988. The van der Waals surface area contributed by atoms with Gasteiger partial charge in [-0.3, -0.25) is 0 Å². The second kappa shape index (κ2) is 5.63. The Kier molecular flexibility index (Phi) is 4.45. The number of halogens is 3. The molecule has 2 N–H and O–H groups in total. The number of hydrogen-bond donors (Lipinski definition) is 2. The highest BCUT2D eigenvalue weighted by Gasteiger charge is 2.09. The van der Waals surface area contributed by atoms with E-state index in [-0.39, 0.29) is 17.3 Å². The molecule has 92 valence electrons. The maximum absolute atomic E-state index is 13.3. The molecule has 1 aromatic rings. The number of carboxylic acid groups (broad SMARTS) is 1. The SMILES string of the molecule is CC(=CC(=O)O)CNc1c(F)cc(F)cc1Cl. The lowest BCUT2D eigenvalue weighted by atomic mass is 10.2. The fraction of sp³-hybridized carbons (Fsp3) is 0.182. The molecular formula is C11H10ClF2NO2. The third kappa shape index (κ3) is 4.03. The summed E-state index contributed by atoms with van der Waals surface area (Å²) in [7, 11) is 0. The summed E-state index contributed by atoms with van der Waals surface area (Å²) in [6, 6.07) is 1.67. The van der Waals surface area contributed by atoms with Crippen LogP contribution < -0.4 is 5.32 Å². The van der Waals surface area contributed by atoms with E-state index in [1.54, 1.807) is 6.92 Å². The van der Waals surface area contributed by atoms with Gasteiger partial charge >= 0.3 is 5.97 Å². The number of nitrogens with one attached hydrogen (secondary N) is 1. The predicted molar refractivity (Wildman–Crippen MR) is 61.3 cm³/mol. The van der Waals surface area contributed by atoms with Gasteiger partial charge in [0.15, 0.2) is 5.82 Å². The molecule has 0 aliphatic heterocycles. The Morgan fingerprint density at radius 1 is 1.53 bits per heavy atom. The monoisotopic (exact) mass is 261 g/mol. The molecule has 6 heteroatoms. The first-order valence-electron chi connectivity index (χ1n) is 4.68. The van der Waals surface area contributed by atoms with Crippen LogP contribution in [0.4, 0.5) is 14.5 Å². The van der Waals surface area contributed by atoms with Crippen molar-refractivity contribution >= 4 is 23.3 Å². The van der Waals surface area contributed by atoms with Gasteiger partial charge in [-0.2, -0.15) is 0 Å². The Bertz CT molecular complexity index is 452. The molecule has 0 aliphatic carbocycles. The molecule has 0 spiro atoms. The number of anilines is 1. The first-order valence-corrected chi connectivity index (χ1v) is 5.06. The predicted octanol–water partition coefficient (Wildman–Crippen LogP) is 3.06. The third-order valence-corrected chi connectivity index (χ3v) is 2.22. The van der Waals surface area contributed by atoms with Crippen LogP contribution in [0.5, 0.6) is 0 Å². The second-order valence-corrected chi connectivity index (χ2v) is 3.83. The average Bonchev–Trinajstić information content (AvgIpc) is 2.14. The fourth-order valence-corrected chi connectivity index (χ4v) is 1.46. The van der Waals surface area contributed by atoms with Crippen LogP contribution in [0.3, 0.4) is 0 Å². The lowest BCUT2D eigenvalue weighted by Gasteiger charge is -2.09. The number of aliphatic carboxylic acids is 1. The highest BCUT2D eigenvalue weighted by Crippen LogP contribution is 2.26. The topological polar surface area (TPSA) is 49.3 Å². The van der Waals surface area contributed by atoms with E-state index >= 15 is 0 Å². The number of carboxylic acids is 1. The largest absolute Gasteiger partial charge is 0.478 e. The van der Waals surface area contributed by atoms with Gasteiger partial charge in [0.05, 0.1) is 10.7 Å². The van der Waals surface area contributed by atoms with Gasteiger partial charge in [-0.25, -0.2) is 13.6 Å². The van der Waals surface area contributed by atoms with E-state index < -0.39 is 17.6 Å². The molecule has 0 saturated carbocycles. The number of carbonyl (C=O) groups is 1. The molecule has 17 heavy (non-hydrogen) atoms. The number of rotatable bonds is 4. The minimum absolute atomic E-state index is 0.0498. The smallest absolute Gasteiger partial charge is 0.328 e. The second-order valence-electron chi connectivity index (χ2n) is 3.43. The number of benzene rings is 1. The summed E-state index contributed by atoms with van der Waals surface area (Å²) in [6.45, 7) is 1.67. The molecule has 1 aromatic carbocycles. The van der Waals surface area contributed by atoms with E-state index in [0.717, 1.165) is 12.1 Å². The molecule has 0 heterocycles. The lowest BCUT2D eigenvalue weighted by molar-refractivity contribution is -0.131. The minimum Gasteiger partial charge on any atom is -0.478 e. The highest BCUT2D eigenvalue weighted by molar-refractivity contribution is 6.33. The van der Waals surface area contributed by atoms with Crippen molar-refractivity contribution in [3.8, 4) is 0 Å². The van der Waals surface area contributed by atoms with E-state index in [1.165, 1.54) is 0 Å². The summed E-state index contributed by atoms with van der Waals surface area (Å²) in [5.74, 6) is -2.68. The summed E-state index contributed by atoms with van der Waals surface area (Å²) in [5, 5.41) is 11.0. The van der Waals surface area contributed by atoms with Crippen LogP contribution >= 0.6 is 11.6 Å². The van der Waals surface area contributed by atoms with E-state index in [2.05, 4.69) is 5.32 Å². The average molecular weight is 262 g/mol. The van der Waals surface area contributed by atoms with Crippen LogP contribution in [-0.4, -0.2) is 17.6 Å². The normalized spacial score (nSPS) is 11.4. The van der Waals surface area contributed by atoms with Crippen molar-refractivity contribution in [3.05, 3.63) is 40.4 Å². The van der Waals surface area contributed by atoms with Gasteiger partial charge in [0, 0.05) is 18.7 Å². The maximum atomic E-state index is 13.3. The van der Waals surface area contributed by atoms with Gasteiger partial charge in [-0.05, 0) is 18.6 Å². The van der Waals surface area contributed by atoms with Gasteiger partial charge in [0.1, 0.15) is 5.82 Å². The molecule has 0 aliphatic rings. The molecule has 0 unspecified atom stereocenters. The van der Waals surface area contributed by atoms with Crippen LogP contribution in [-0.2, 0) is 4.79 Å². The minimum atomic E-state index is -1.09. The molecule has 0 aromatic heterocycles. The molecule has 3 nitrogen and oxygen atoms in total. The van der Waals surface area contributed by atoms with Gasteiger partial charge in [-0.1, -0.05) is 11.6 Å². The van der Waals surface area contributed by atoms with Crippen LogP contribution in [0.25, 0.3) is 0 Å².